The first-order valence-electron chi connectivity index (χ1n) is 6.53. The molecule has 2 rings (SSSR count). The number of rotatable bonds is 4. The summed E-state index contributed by atoms with van der Waals surface area (Å²) in [5, 5.41) is 11.2. The lowest BCUT2D eigenvalue weighted by molar-refractivity contribution is -0.176. The number of ether oxygens (including phenoxy) is 1. The maximum atomic E-state index is 12.0. The number of nitrogens with zero attached hydrogens (tertiary/aromatic N) is 1. The van der Waals surface area contributed by atoms with E-state index in [4.69, 9.17) is 0 Å². The number of amides is 1. The molecule has 0 aromatic carbocycles. The molecule has 1 fully saturated rings. The Morgan fingerprint density at radius 1 is 1.70 bits per heavy atom. The molecule has 0 aromatic rings. The van der Waals surface area contributed by atoms with E-state index in [1.165, 1.54) is 18.1 Å². The van der Waals surface area contributed by atoms with E-state index in [0.717, 1.165) is 6.42 Å². The van der Waals surface area contributed by atoms with Crippen LogP contribution in [-0.4, -0.2) is 41.3 Å². The second kappa shape index (κ2) is 5.48. The topological polar surface area (TPSA) is 66.8 Å². The minimum atomic E-state index is -1.38. The van der Waals surface area contributed by atoms with E-state index in [9.17, 15) is 14.7 Å². The van der Waals surface area contributed by atoms with Gasteiger partial charge in [0.15, 0.2) is 5.72 Å². The molecule has 20 heavy (non-hydrogen) atoms. The van der Waals surface area contributed by atoms with Gasteiger partial charge in [0, 0.05) is 28.0 Å². The van der Waals surface area contributed by atoms with Gasteiger partial charge in [-0.1, -0.05) is 6.08 Å². The Morgan fingerprint density at radius 3 is 3.00 bits per heavy atom. The molecule has 5 nitrogen and oxygen atoms in total. The van der Waals surface area contributed by atoms with Crippen LogP contribution >= 0.6 is 22.6 Å². The Morgan fingerprint density at radius 2 is 2.40 bits per heavy atom. The molecule has 0 saturated carbocycles. The molecule has 1 N–H and O–H groups in total. The Kier molecular flexibility index (Phi) is 4.24. The first kappa shape index (κ1) is 15.5. The van der Waals surface area contributed by atoms with E-state index in [2.05, 4.69) is 11.3 Å². The van der Waals surface area contributed by atoms with Crippen molar-refractivity contribution in [2.75, 3.05) is 13.7 Å². The molecule has 0 aromatic heterocycles. The molecule has 2 atom stereocenters. The quantitative estimate of drug-likeness (QED) is 0.451. The van der Waals surface area contributed by atoms with E-state index in [1.807, 2.05) is 22.6 Å². The zero-order valence-electron chi connectivity index (χ0n) is 11.4. The molecule has 0 unspecified atom stereocenters. The first-order chi connectivity index (χ1) is 9.41. The highest BCUT2D eigenvalue weighted by Crippen LogP contribution is 2.54. The van der Waals surface area contributed by atoms with Crippen LogP contribution in [0.15, 0.2) is 22.3 Å². The zero-order chi connectivity index (χ0) is 15.0. The summed E-state index contributed by atoms with van der Waals surface area (Å²) in [6.07, 6.45) is 5.21. The van der Waals surface area contributed by atoms with E-state index >= 15 is 0 Å². The summed E-state index contributed by atoms with van der Waals surface area (Å²) < 4.78 is 5.26. The Balaban J connectivity index is 2.36. The number of hydrogen-bond donors (Lipinski definition) is 1. The standard InChI is InChI=1S/C14H18INO4/c1-3-13(7-5-12(18)20-2)6-4-8-16-11(17)9-10(15)14(13,16)19/h3,9,19H,1,4-8H2,2H3/t13-,14-/m1/s1. The maximum absolute atomic E-state index is 12.0. The van der Waals surface area contributed by atoms with E-state index in [-0.39, 0.29) is 18.3 Å². The summed E-state index contributed by atoms with van der Waals surface area (Å²) >= 11 is 2.00. The third-order valence-corrected chi connectivity index (χ3v) is 5.40. The highest BCUT2D eigenvalue weighted by atomic mass is 127. The van der Waals surface area contributed by atoms with Crippen LogP contribution in [0.1, 0.15) is 25.7 Å². The van der Waals surface area contributed by atoms with Crippen molar-refractivity contribution in [3.8, 4) is 0 Å². The molecule has 0 radical (unpaired) electrons. The van der Waals surface area contributed by atoms with Crippen LogP contribution in [0.3, 0.4) is 0 Å². The molecule has 6 heteroatoms. The molecule has 2 heterocycles. The summed E-state index contributed by atoms with van der Waals surface area (Å²) in [5.41, 5.74) is -2.09. The highest BCUT2D eigenvalue weighted by Gasteiger charge is 2.60. The van der Waals surface area contributed by atoms with Gasteiger partial charge >= 0.3 is 5.97 Å². The highest BCUT2D eigenvalue weighted by molar-refractivity contribution is 14.1. The third-order valence-electron chi connectivity index (χ3n) is 4.33. The SMILES string of the molecule is C=C[C@]1(CCC(=O)OC)CCCN2C(=O)C=C(I)[C@]21O. The largest absolute Gasteiger partial charge is 0.469 e. The Hall–Kier alpha value is -0.890. The van der Waals surface area contributed by atoms with Gasteiger partial charge < -0.3 is 14.7 Å². The summed E-state index contributed by atoms with van der Waals surface area (Å²) in [7, 11) is 1.34. The van der Waals surface area contributed by atoms with Gasteiger partial charge in [-0.15, -0.1) is 6.58 Å². The lowest BCUT2D eigenvalue weighted by Crippen LogP contribution is -2.61. The lowest BCUT2D eigenvalue weighted by Gasteiger charge is -2.52. The average Bonchev–Trinajstić information content (AvgIpc) is 2.67. The van der Waals surface area contributed by atoms with Crippen molar-refractivity contribution in [1.82, 2.24) is 4.90 Å². The summed E-state index contributed by atoms with van der Waals surface area (Å²) in [5.74, 6) is -0.504. The molecule has 0 spiro atoms. The number of carbonyl (C=O) groups is 2. The monoisotopic (exact) mass is 391 g/mol. The second-order valence-electron chi connectivity index (χ2n) is 5.19. The van der Waals surface area contributed by atoms with Gasteiger partial charge in [-0.25, -0.2) is 0 Å². The fourth-order valence-electron chi connectivity index (χ4n) is 3.15. The molecule has 1 saturated heterocycles. The van der Waals surface area contributed by atoms with E-state index in [1.54, 1.807) is 6.08 Å². The summed E-state index contributed by atoms with van der Waals surface area (Å²) in [6.45, 7) is 4.36. The van der Waals surface area contributed by atoms with E-state index in [0.29, 0.717) is 23.0 Å². The van der Waals surface area contributed by atoms with Crippen LogP contribution in [0, 0.1) is 5.41 Å². The van der Waals surface area contributed by atoms with E-state index < -0.39 is 11.1 Å². The number of piperidine rings is 1. The second-order valence-corrected chi connectivity index (χ2v) is 6.36. The molecular formula is C14H18INO4. The number of methoxy groups -OCH3 is 1. The molecule has 1 amide bonds. The van der Waals surface area contributed by atoms with Crippen LogP contribution in [0.4, 0.5) is 0 Å². The maximum Gasteiger partial charge on any atom is 0.305 e. The number of esters is 1. The molecule has 0 bridgehead atoms. The van der Waals surface area contributed by atoms with Crippen LogP contribution < -0.4 is 0 Å². The van der Waals surface area contributed by atoms with Crippen molar-refractivity contribution in [2.24, 2.45) is 5.41 Å². The number of halogens is 1. The van der Waals surface area contributed by atoms with Crippen molar-refractivity contribution in [3.63, 3.8) is 0 Å². The van der Waals surface area contributed by atoms with Crippen molar-refractivity contribution in [3.05, 3.63) is 22.3 Å². The minimum Gasteiger partial charge on any atom is -0.469 e. The van der Waals surface area contributed by atoms with Crippen LogP contribution in [0.5, 0.6) is 0 Å². The van der Waals surface area contributed by atoms with Gasteiger partial charge in [0.2, 0.25) is 5.91 Å². The average molecular weight is 391 g/mol. The molecule has 2 aliphatic heterocycles. The van der Waals surface area contributed by atoms with Crippen molar-refractivity contribution in [2.45, 2.75) is 31.4 Å². The van der Waals surface area contributed by atoms with Crippen LogP contribution in [-0.2, 0) is 14.3 Å². The number of carbonyl (C=O) groups excluding carboxylic acids is 2. The van der Waals surface area contributed by atoms with Gasteiger partial charge in [-0.2, -0.15) is 0 Å². The summed E-state index contributed by atoms with van der Waals surface area (Å²) in [4.78, 5) is 24.9. The van der Waals surface area contributed by atoms with Crippen LogP contribution in [0.2, 0.25) is 0 Å². The van der Waals surface area contributed by atoms with Crippen LogP contribution in [0.25, 0.3) is 0 Å². The van der Waals surface area contributed by atoms with Gasteiger partial charge in [0.25, 0.3) is 0 Å². The minimum absolute atomic E-state index is 0.180. The predicted molar refractivity (Wildman–Crippen MR) is 81.9 cm³/mol. The third kappa shape index (κ3) is 2.09. The molecule has 110 valence electrons. The van der Waals surface area contributed by atoms with Crippen molar-refractivity contribution in [1.29, 1.82) is 0 Å². The Labute approximate surface area is 131 Å². The van der Waals surface area contributed by atoms with Gasteiger partial charge in [-0.3, -0.25) is 9.59 Å². The number of fused-ring (bicyclic) bond motifs is 1. The summed E-state index contributed by atoms with van der Waals surface area (Å²) in [6, 6.07) is 0. The molecule has 2 aliphatic rings. The van der Waals surface area contributed by atoms with Crippen molar-refractivity contribution < 1.29 is 19.4 Å². The van der Waals surface area contributed by atoms with Gasteiger partial charge in [-0.05, 0) is 41.9 Å². The zero-order valence-corrected chi connectivity index (χ0v) is 13.6. The Bertz CT molecular complexity index is 490. The molecular weight excluding hydrogens is 373 g/mol. The predicted octanol–water partition coefficient (Wildman–Crippen LogP) is 1.76. The van der Waals surface area contributed by atoms with Crippen molar-refractivity contribution >= 4 is 34.5 Å². The lowest BCUT2D eigenvalue weighted by atomic mass is 9.68. The number of hydrogen-bond acceptors (Lipinski definition) is 4. The number of aliphatic hydroxyl groups is 1. The fraction of sp³-hybridized carbons (Fsp3) is 0.571. The van der Waals surface area contributed by atoms with Gasteiger partial charge in [0.05, 0.1) is 7.11 Å². The molecule has 0 aliphatic carbocycles. The first-order valence-corrected chi connectivity index (χ1v) is 7.61. The fourth-order valence-corrected chi connectivity index (χ4v) is 4.25. The smallest absolute Gasteiger partial charge is 0.305 e. The van der Waals surface area contributed by atoms with Gasteiger partial charge in [0.1, 0.15) is 0 Å². The normalized spacial score (nSPS) is 32.6.